The van der Waals surface area contributed by atoms with E-state index in [2.05, 4.69) is 5.32 Å². The zero-order valence-corrected chi connectivity index (χ0v) is 8.88. The van der Waals surface area contributed by atoms with Gasteiger partial charge < -0.3 is 15.2 Å². The molecular formula is C10H19NO3. The normalized spacial score (nSPS) is 23.2. The van der Waals surface area contributed by atoms with E-state index in [0.717, 1.165) is 19.4 Å². The molecule has 1 amide bonds. The van der Waals surface area contributed by atoms with Crippen LogP contribution >= 0.6 is 0 Å². The smallest absolute Gasteiger partial charge is 0.251 e. The number of aliphatic hydroxyl groups is 1. The number of rotatable bonds is 3. The molecule has 0 aromatic heterocycles. The number of hydrogen-bond donors (Lipinski definition) is 2. The third-order valence-corrected chi connectivity index (χ3v) is 2.36. The summed E-state index contributed by atoms with van der Waals surface area (Å²) in [6, 6.07) is 0. The summed E-state index contributed by atoms with van der Waals surface area (Å²) in [6.45, 7) is 5.12. The van der Waals surface area contributed by atoms with E-state index in [1.54, 1.807) is 0 Å². The Morgan fingerprint density at radius 2 is 2.36 bits per heavy atom. The number of ether oxygens (including phenoxy) is 1. The molecule has 1 atom stereocenters. The molecule has 4 nitrogen and oxygen atoms in total. The van der Waals surface area contributed by atoms with Crippen molar-refractivity contribution in [2.45, 2.75) is 32.3 Å². The molecule has 82 valence electrons. The maximum atomic E-state index is 11.3. The molecule has 14 heavy (non-hydrogen) atoms. The minimum atomic E-state index is -1.28. The van der Waals surface area contributed by atoms with Crippen molar-refractivity contribution in [3.8, 4) is 0 Å². The van der Waals surface area contributed by atoms with Gasteiger partial charge in [-0.2, -0.15) is 0 Å². The fraction of sp³-hybridized carbons (Fsp3) is 0.900. The second-order valence-corrected chi connectivity index (χ2v) is 4.35. The summed E-state index contributed by atoms with van der Waals surface area (Å²) in [7, 11) is 0. The Kier molecular flexibility index (Phi) is 3.89. The Labute approximate surface area is 84.6 Å². The van der Waals surface area contributed by atoms with Crippen LogP contribution in [0, 0.1) is 5.92 Å². The Balaban J connectivity index is 2.22. The summed E-state index contributed by atoms with van der Waals surface area (Å²) in [5.74, 6) is 0.0816. The predicted molar refractivity (Wildman–Crippen MR) is 52.9 cm³/mol. The van der Waals surface area contributed by atoms with Gasteiger partial charge in [0.15, 0.2) is 0 Å². The number of nitrogens with one attached hydrogen (secondary N) is 1. The molecule has 1 saturated heterocycles. The summed E-state index contributed by atoms with van der Waals surface area (Å²) in [6.07, 6.45) is 2.15. The third kappa shape index (κ3) is 3.64. The second kappa shape index (κ2) is 4.75. The van der Waals surface area contributed by atoms with Crippen LogP contribution < -0.4 is 5.32 Å². The van der Waals surface area contributed by atoms with Gasteiger partial charge >= 0.3 is 0 Å². The van der Waals surface area contributed by atoms with Crippen LogP contribution in [0.2, 0.25) is 0 Å². The Morgan fingerprint density at radius 3 is 2.86 bits per heavy atom. The molecule has 0 bridgehead atoms. The Hall–Kier alpha value is -0.610. The van der Waals surface area contributed by atoms with Gasteiger partial charge in [0, 0.05) is 13.2 Å². The van der Waals surface area contributed by atoms with Crippen LogP contribution in [-0.4, -0.2) is 36.4 Å². The second-order valence-electron chi connectivity index (χ2n) is 4.35. The van der Waals surface area contributed by atoms with E-state index in [0.29, 0.717) is 19.1 Å². The highest BCUT2D eigenvalue weighted by atomic mass is 16.5. The first-order chi connectivity index (χ1) is 6.50. The van der Waals surface area contributed by atoms with E-state index in [1.807, 2.05) is 0 Å². The lowest BCUT2D eigenvalue weighted by atomic mass is 10.0. The van der Waals surface area contributed by atoms with E-state index in [-0.39, 0.29) is 5.91 Å². The molecule has 1 unspecified atom stereocenters. The molecule has 1 aliphatic rings. The van der Waals surface area contributed by atoms with Crippen molar-refractivity contribution in [2.24, 2.45) is 5.92 Å². The fourth-order valence-electron chi connectivity index (χ4n) is 1.42. The van der Waals surface area contributed by atoms with Crippen molar-refractivity contribution < 1.29 is 14.6 Å². The van der Waals surface area contributed by atoms with Crippen LogP contribution in [0.15, 0.2) is 0 Å². The maximum Gasteiger partial charge on any atom is 0.251 e. The molecule has 0 aliphatic carbocycles. The van der Waals surface area contributed by atoms with E-state index in [9.17, 15) is 9.90 Å². The van der Waals surface area contributed by atoms with Crippen molar-refractivity contribution in [3.63, 3.8) is 0 Å². The Bertz CT molecular complexity index is 192. The first-order valence-electron chi connectivity index (χ1n) is 5.08. The van der Waals surface area contributed by atoms with Crippen LogP contribution in [0.4, 0.5) is 0 Å². The van der Waals surface area contributed by atoms with Crippen LogP contribution in [0.1, 0.15) is 26.7 Å². The number of hydrogen-bond acceptors (Lipinski definition) is 3. The van der Waals surface area contributed by atoms with Gasteiger partial charge in [-0.25, -0.2) is 0 Å². The van der Waals surface area contributed by atoms with Crippen LogP contribution in [-0.2, 0) is 9.53 Å². The Morgan fingerprint density at radius 1 is 1.64 bits per heavy atom. The topological polar surface area (TPSA) is 58.6 Å². The zero-order valence-electron chi connectivity index (χ0n) is 8.88. The van der Waals surface area contributed by atoms with Gasteiger partial charge in [0.05, 0.1) is 6.61 Å². The average molecular weight is 201 g/mol. The van der Waals surface area contributed by atoms with Gasteiger partial charge in [-0.15, -0.1) is 0 Å². The maximum absolute atomic E-state index is 11.3. The summed E-state index contributed by atoms with van der Waals surface area (Å²) in [5, 5.41) is 12.1. The van der Waals surface area contributed by atoms with Crippen molar-refractivity contribution in [2.75, 3.05) is 19.8 Å². The number of carbonyl (C=O) groups excluding carboxylic acids is 1. The minimum absolute atomic E-state index is 0.317. The molecule has 1 heterocycles. The van der Waals surface area contributed by atoms with Crippen molar-refractivity contribution in [3.05, 3.63) is 0 Å². The highest BCUT2D eigenvalue weighted by molar-refractivity contribution is 5.83. The summed E-state index contributed by atoms with van der Waals surface area (Å²) in [4.78, 5) is 11.3. The molecule has 0 spiro atoms. The summed E-state index contributed by atoms with van der Waals surface area (Å²) in [5.41, 5.74) is -1.28. The number of carbonyl (C=O) groups is 1. The van der Waals surface area contributed by atoms with Gasteiger partial charge in [-0.1, -0.05) is 0 Å². The highest BCUT2D eigenvalue weighted by Gasteiger charge is 2.24. The van der Waals surface area contributed by atoms with Crippen molar-refractivity contribution in [1.82, 2.24) is 5.32 Å². The lowest BCUT2D eigenvalue weighted by molar-refractivity contribution is -0.136. The van der Waals surface area contributed by atoms with Crippen molar-refractivity contribution >= 4 is 5.91 Å². The third-order valence-electron chi connectivity index (χ3n) is 2.36. The molecule has 0 saturated carbocycles. The lowest BCUT2D eigenvalue weighted by Crippen LogP contribution is -2.44. The van der Waals surface area contributed by atoms with Crippen LogP contribution in [0.3, 0.4) is 0 Å². The molecule has 0 radical (unpaired) electrons. The molecule has 2 N–H and O–H groups in total. The number of amides is 1. The van der Waals surface area contributed by atoms with Crippen LogP contribution in [0.25, 0.3) is 0 Å². The quantitative estimate of drug-likeness (QED) is 0.690. The summed E-state index contributed by atoms with van der Waals surface area (Å²) < 4.78 is 5.29. The lowest BCUT2D eigenvalue weighted by Gasteiger charge is -2.24. The van der Waals surface area contributed by atoms with Gasteiger partial charge in [-0.3, -0.25) is 4.79 Å². The molecule has 1 aliphatic heterocycles. The zero-order chi connectivity index (χ0) is 10.6. The fourth-order valence-corrected chi connectivity index (χ4v) is 1.42. The molecule has 0 aromatic carbocycles. The van der Waals surface area contributed by atoms with Crippen LogP contribution in [0.5, 0.6) is 0 Å². The molecule has 4 heteroatoms. The summed E-state index contributed by atoms with van der Waals surface area (Å²) >= 11 is 0. The first kappa shape index (κ1) is 11.5. The van der Waals surface area contributed by atoms with E-state index >= 15 is 0 Å². The predicted octanol–water partition coefficient (Wildman–Crippen LogP) is 0.300. The standard InChI is InChI=1S/C10H19NO3/c1-10(2,13)9(12)11-6-8-4-3-5-14-7-8/h8,13H,3-7H2,1-2H3,(H,11,12). The molecule has 0 aromatic rings. The van der Waals surface area contributed by atoms with Gasteiger partial charge in [0.1, 0.15) is 5.60 Å². The average Bonchev–Trinajstić information content (AvgIpc) is 2.14. The highest BCUT2D eigenvalue weighted by Crippen LogP contribution is 2.12. The van der Waals surface area contributed by atoms with E-state index in [1.165, 1.54) is 13.8 Å². The van der Waals surface area contributed by atoms with E-state index < -0.39 is 5.60 Å². The van der Waals surface area contributed by atoms with Gasteiger partial charge in [0.25, 0.3) is 5.91 Å². The molecule has 1 fully saturated rings. The first-order valence-corrected chi connectivity index (χ1v) is 5.08. The minimum Gasteiger partial charge on any atom is -0.381 e. The SMILES string of the molecule is CC(C)(O)C(=O)NCC1CCCOC1. The molecule has 1 rings (SSSR count). The van der Waals surface area contributed by atoms with Crippen molar-refractivity contribution in [1.29, 1.82) is 0 Å². The van der Waals surface area contributed by atoms with Gasteiger partial charge in [-0.05, 0) is 32.6 Å². The monoisotopic (exact) mass is 201 g/mol. The van der Waals surface area contributed by atoms with Gasteiger partial charge in [0.2, 0.25) is 0 Å². The van der Waals surface area contributed by atoms with E-state index in [4.69, 9.17) is 4.74 Å². The molecular weight excluding hydrogens is 182 g/mol. The largest absolute Gasteiger partial charge is 0.381 e.